The van der Waals surface area contributed by atoms with Gasteiger partial charge in [-0.1, -0.05) is 62.7 Å². The van der Waals surface area contributed by atoms with Gasteiger partial charge in [-0.25, -0.2) is 4.98 Å². The third-order valence-electron chi connectivity index (χ3n) is 6.34. The average Bonchev–Trinajstić information content (AvgIpc) is 3.50. The van der Waals surface area contributed by atoms with Gasteiger partial charge in [-0.3, -0.25) is 4.79 Å². The van der Waals surface area contributed by atoms with Gasteiger partial charge >= 0.3 is 0 Å². The molecule has 0 saturated heterocycles. The lowest BCUT2D eigenvalue weighted by Crippen LogP contribution is -2.23. The second-order valence-electron chi connectivity index (χ2n) is 8.70. The number of imidazole rings is 1. The summed E-state index contributed by atoms with van der Waals surface area (Å²) in [5, 5.41) is 4.95. The molecule has 1 amide bonds. The van der Waals surface area contributed by atoms with Crippen LogP contribution in [0.4, 0.5) is 0 Å². The maximum absolute atomic E-state index is 12.0. The Morgan fingerprint density at radius 2 is 1.85 bits per heavy atom. The maximum Gasteiger partial charge on any atom is 0.261 e. The van der Waals surface area contributed by atoms with Crippen molar-refractivity contribution in [1.29, 1.82) is 0 Å². The fourth-order valence-electron chi connectivity index (χ4n) is 4.14. The molecule has 0 radical (unpaired) electrons. The van der Waals surface area contributed by atoms with Crippen LogP contribution < -0.4 is 5.32 Å². The van der Waals surface area contributed by atoms with Crippen LogP contribution in [0.25, 0.3) is 11.0 Å². The topological polar surface area (TPSA) is 46.9 Å². The molecule has 2 heterocycles. The van der Waals surface area contributed by atoms with Gasteiger partial charge in [0, 0.05) is 19.5 Å². The molecule has 4 aromatic rings. The van der Waals surface area contributed by atoms with E-state index in [1.807, 2.05) is 17.5 Å². The number of carbonyl (C=O) groups is 1. The minimum atomic E-state index is 0.0335. The van der Waals surface area contributed by atoms with Crippen LogP contribution in [0.1, 0.15) is 72.1 Å². The van der Waals surface area contributed by atoms with Crippen molar-refractivity contribution < 1.29 is 4.79 Å². The van der Waals surface area contributed by atoms with Crippen LogP contribution in [0.3, 0.4) is 0 Å². The number of thiophene rings is 1. The molecule has 1 atom stereocenters. The van der Waals surface area contributed by atoms with Crippen molar-refractivity contribution in [3.8, 4) is 0 Å². The lowest BCUT2D eigenvalue weighted by atomic mass is 9.97. The van der Waals surface area contributed by atoms with Crippen LogP contribution >= 0.6 is 11.3 Å². The Morgan fingerprint density at radius 3 is 2.61 bits per heavy atom. The number of unbranched alkanes of at least 4 members (excludes halogenated alkanes) is 2. The molecule has 4 nitrogen and oxygen atoms in total. The molecule has 5 heteroatoms. The van der Waals surface area contributed by atoms with Gasteiger partial charge in [0.05, 0.1) is 15.9 Å². The fraction of sp³-hybridized carbons (Fsp3) is 0.357. The zero-order valence-corrected chi connectivity index (χ0v) is 20.4. The number of carbonyl (C=O) groups excluding carboxylic acids is 1. The molecule has 172 valence electrons. The minimum Gasteiger partial charge on any atom is -0.351 e. The molecule has 1 unspecified atom stereocenters. The first kappa shape index (κ1) is 23.2. The molecule has 0 spiro atoms. The average molecular weight is 460 g/mol. The summed E-state index contributed by atoms with van der Waals surface area (Å²) in [5.74, 6) is 1.77. The Bertz CT molecular complexity index is 1160. The Kier molecular flexibility index (Phi) is 7.95. The van der Waals surface area contributed by atoms with Gasteiger partial charge in [0.2, 0.25) is 0 Å². The van der Waals surface area contributed by atoms with Crippen LogP contribution in [-0.4, -0.2) is 22.0 Å². The number of hydrogen-bond donors (Lipinski definition) is 1. The van der Waals surface area contributed by atoms with Gasteiger partial charge in [-0.2, -0.15) is 0 Å². The van der Waals surface area contributed by atoms with Crippen molar-refractivity contribution in [1.82, 2.24) is 14.9 Å². The molecule has 0 fully saturated rings. The molecule has 2 aromatic carbocycles. The first-order valence-corrected chi connectivity index (χ1v) is 12.9. The largest absolute Gasteiger partial charge is 0.351 e. The predicted octanol–water partition coefficient (Wildman–Crippen LogP) is 6.80. The lowest BCUT2D eigenvalue weighted by Gasteiger charge is -2.12. The number of fused-ring (bicyclic) bond motifs is 1. The summed E-state index contributed by atoms with van der Waals surface area (Å²) in [4.78, 5) is 17.8. The summed E-state index contributed by atoms with van der Waals surface area (Å²) < 4.78 is 2.37. The van der Waals surface area contributed by atoms with Crippen molar-refractivity contribution in [2.24, 2.45) is 0 Å². The minimum absolute atomic E-state index is 0.0335. The van der Waals surface area contributed by atoms with Gasteiger partial charge in [0.25, 0.3) is 5.91 Å². The number of rotatable bonds is 11. The number of hydrogen-bond acceptors (Lipinski definition) is 3. The smallest absolute Gasteiger partial charge is 0.261 e. The number of benzene rings is 2. The van der Waals surface area contributed by atoms with Crippen LogP contribution in [0, 0.1) is 0 Å². The summed E-state index contributed by atoms with van der Waals surface area (Å²) in [6.07, 6.45) is 5.21. The lowest BCUT2D eigenvalue weighted by molar-refractivity contribution is 0.0957. The molecule has 4 rings (SSSR count). The van der Waals surface area contributed by atoms with E-state index < -0.39 is 0 Å². The zero-order chi connectivity index (χ0) is 23.0. The highest BCUT2D eigenvalue weighted by Crippen LogP contribution is 2.22. The zero-order valence-electron chi connectivity index (χ0n) is 19.6. The molecular formula is C28H33N3OS. The maximum atomic E-state index is 12.0. The third-order valence-corrected chi connectivity index (χ3v) is 7.21. The summed E-state index contributed by atoms with van der Waals surface area (Å²) in [6.45, 7) is 6.08. The van der Waals surface area contributed by atoms with E-state index in [2.05, 4.69) is 72.3 Å². The second-order valence-corrected chi connectivity index (χ2v) is 9.65. The monoisotopic (exact) mass is 459 g/mol. The highest BCUT2D eigenvalue weighted by Gasteiger charge is 2.12. The highest BCUT2D eigenvalue weighted by atomic mass is 32.1. The molecule has 0 bridgehead atoms. The quantitative estimate of drug-likeness (QED) is 0.251. The Labute approximate surface area is 200 Å². The number of aromatic nitrogens is 2. The third kappa shape index (κ3) is 5.91. The van der Waals surface area contributed by atoms with Gasteiger partial charge < -0.3 is 9.88 Å². The number of aryl methyl sites for hydroxylation is 1. The predicted molar refractivity (Wildman–Crippen MR) is 138 cm³/mol. The molecule has 0 aliphatic carbocycles. The summed E-state index contributed by atoms with van der Waals surface area (Å²) in [6, 6.07) is 21.2. The number of amides is 1. The van der Waals surface area contributed by atoms with Gasteiger partial charge in [0.15, 0.2) is 0 Å². The van der Waals surface area contributed by atoms with Crippen molar-refractivity contribution in [3.05, 3.63) is 87.9 Å². The summed E-state index contributed by atoms with van der Waals surface area (Å²) in [5.41, 5.74) is 4.97. The molecule has 0 saturated carbocycles. The first-order valence-electron chi connectivity index (χ1n) is 12.0. The summed E-state index contributed by atoms with van der Waals surface area (Å²) >= 11 is 1.48. The van der Waals surface area contributed by atoms with E-state index in [1.54, 1.807) is 0 Å². The van der Waals surface area contributed by atoms with Crippen molar-refractivity contribution >= 4 is 28.3 Å². The first-order chi connectivity index (χ1) is 16.2. The molecule has 0 aliphatic rings. The number of para-hydroxylation sites is 2. The van der Waals surface area contributed by atoms with E-state index in [0.717, 1.165) is 61.4 Å². The van der Waals surface area contributed by atoms with E-state index >= 15 is 0 Å². The van der Waals surface area contributed by atoms with E-state index in [0.29, 0.717) is 5.92 Å². The molecule has 0 aliphatic heterocycles. The summed E-state index contributed by atoms with van der Waals surface area (Å²) in [7, 11) is 0. The van der Waals surface area contributed by atoms with Crippen LogP contribution in [-0.2, 0) is 13.0 Å². The van der Waals surface area contributed by atoms with Crippen molar-refractivity contribution in [2.75, 3.05) is 6.54 Å². The van der Waals surface area contributed by atoms with Crippen LogP contribution in [0.5, 0.6) is 0 Å². The Morgan fingerprint density at radius 1 is 1.03 bits per heavy atom. The SMILES string of the molecule is CCC(C)c1ccc(Cn2c(CCCCCNC(=O)c3cccs3)nc3ccccc32)cc1. The van der Waals surface area contributed by atoms with E-state index in [4.69, 9.17) is 4.98 Å². The van der Waals surface area contributed by atoms with Gasteiger partial charge in [-0.15, -0.1) is 11.3 Å². The molecule has 2 aromatic heterocycles. The van der Waals surface area contributed by atoms with Crippen molar-refractivity contribution in [3.63, 3.8) is 0 Å². The highest BCUT2D eigenvalue weighted by molar-refractivity contribution is 7.12. The van der Waals surface area contributed by atoms with E-state index in [9.17, 15) is 4.79 Å². The van der Waals surface area contributed by atoms with Gasteiger partial charge in [-0.05, 0) is 59.9 Å². The van der Waals surface area contributed by atoms with Crippen LogP contribution in [0.2, 0.25) is 0 Å². The normalized spacial score (nSPS) is 12.2. The Hall–Kier alpha value is -2.92. The molecule has 33 heavy (non-hydrogen) atoms. The standard InChI is InChI=1S/C28H33N3OS/c1-3-21(2)23-16-14-22(15-17-23)20-31-25-11-7-6-10-24(25)30-27(31)13-5-4-8-18-29-28(32)26-12-9-19-33-26/h6-7,9-12,14-17,19,21H,3-5,8,13,18,20H2,1-2H3,(H,29,32). The molecule has 1 N–H and O–H groups in total. The Balaban J connectivity index is 1.35. The van der Waals surface area contributed by atoms with Crippen LogP contribution in [0.15, 0.2) is 66.0 Å². The van der Waals surface area contributed by atoms with Gasteiger partial charge in [0.1, 0.15) is 5.82 Å². The van der Waals surface area contributed by atoms with E-state index in [1.165, 1.54) is 28.0 Å². The second kappa shape index (κ2) is 11.3. The van der Waals surface area contributed by atoms with E-state index in [-0.39, 0.29) is 5.91 Å². The number of nitrogens with zero attached hydrogens (tertiary/aromatic N) is 2. The van der Waals surface area contributed by atoms with Crippen molar-refractivity contribution in [2.45, 2.75) is 58.4 Å². The number of nitrogens with one attached hydrogen (secondary N) is 1. The molecular weight excluding hydrogens is 426 g/mol. The fourth-order valence-corrected chi connectivity index (χ4v) is 4.78.